The Hall–Kier alpha value is -1.15. The molecule has 3 rings (SSSR count). The van der Waals surface area contributed by atoms with Gasteiger partial charge in [-0.05, 0) is 5.67 Å². The normalized spacial score (nSPS) is 27.1. The second kappa shape index (κ2) is 3.70. The molecule has 0 unspecified atom stereocenters. The van der Waals surface area contributed by atoms with Crippen molar-refractivity contribution in [2.45, 2.75) is 31.9 Å². The number of nitrogens with zero attached hydrogens (tertiary/aromatic N) is 4. The Bertz CT molecular complexity index is 463. The van der Waals surface area contributed by atoms with Crippen LogP contribution in [0.25, 0.3) is 0 Å². The van der Waals surface area contributed by atoms with E-state index in [0.717, 1.165) is 0 Å². The summed E-state index contributed by atoms with van der Waals surface area (Å²) in [5.41, 5.74) is 1.38. The molecule has 3 heterocycles. The van der Waals surface area contributed by atoms with Gasteiger partial charge in [0.1, 0.15) is 11.6 Å². The smallest absolute Gasteiger partial charge is 0.157 e. The molecule has 0 aromatic rings. The van der Waals surface area contributed by atoms with Crippen molar-refractivity contribution in [3.63, 3.8) is 0 Å². The fourth-order valence-corrected chi connectivity index (χ4v) is 16.1. The zero-order valence-corrected chi connectivity index (χ0v) is 14.8. The first-order chi connectivity index (χ1) is 8.74. The number of hydrogen-bond donors (Lipinski definition) is 0. The van der Waals surface area contributed by atoms with E-state index >= 15 is 0 Å². The summed E-state index contributed by atoms with van der Waals surface area (Å²) in [6, 6.07) is 0. The lowest BCUT2D eigenvalue weighted by molar-refractivity contribution is 0.406. The molecule has 6 heteroatoms. The van der Waals surface area contributed by atoms with Gasteiger partial charge in [0.2, 0.25) is 0 Å². The van der Waals surface area contributed by atoms with Gasteiger partial charge in [-0.25, -0.2) is 0 Å². The van der Waals surface area contributed by atoms with Gasteiger partial charge in [-0.15, -0.1) is 0 Å². The third kappa shape index (κ3) is 1.69. The minimum atomic E-state index is -1.44. The molecule has 0 aliphatic carbocycles. The van der Waals surface area contributed by atoms with Gasteiger partial charge in [-0.2, -0.15) is 0 Å². The van der Waals surface area contributed by atoms with Crippen molar-refractivity contribution in [3.05, 3.63) is 36.4 Å². The molecular weight excluding hydrogens is 268 g/mol. The van der Waals surface area contributed by atoms with E-state index in [0.29, 0.717) is 0 Å². The molecule has 4 nitrogen and oxygen atoms in total. The molecule has 0 atom stereocenters. The molecule has 0 aromatic heterocycles. The minimum absolute atomic E-state index is 1.36. The van der Waals surface area contributed by atoms with Crippen LogP contribution in [-0.4, -0.2) is 49.5 Å². The van der Waals surface area contributed by atoms with E-state index in [1.54, 1.807) is 0 Å². The van der Waals surface area contributed by atoms with Crippen LogP contribution in [0.5, 0.6) is 0 Å². The van der Waals surface area contributed by atoms with Crippen LogP contribution in [0.4, 0.5) is 0 Å². The number of fused-ring (bicyclic) bond motifs is 2. The Balaban J connectivity index is 2.21. The van der Waals surface area contributed by atoms with Gasteiger partial charge in [0.05, 0.1) is 0 Å². The van der Waals surface area contributed by atoms with Gasteiger partial charge in [0.25, 0.3) is 0 Å². The van der Waals surface area contributed by atoms with E-state index in [1.165, 1.54) is 17.3 Å². The summed E-state index contributed by atoms with van der Waals surface area (Å²) >= 11 is 0. The third-order valence-corrected chi connectivity index (χ3v) is 14.6. The summed E-state index contributed by atoms with van der Waals surface area (Å²) in [5, 5.41) is 0. The first kappa shape index (κ1) is 12.9. The first-order valence-corrected chi connectivity index (χ1v) is 13.2. The summed E-state index contributed by atoms with van der Waals surface area (Å²) in [6.07, 6.45) is 8.96. The summed E-state index contributed by atoms with van der Waals surface area (Å²) in [7, 11) is 1.45. The standard InChI is InChI=1S/C13H24N4Si2/c1-14-7-9-16-12(14)13-15(2)8-10-17(13)19(5,6)11-18(16,3)4/h7-10H,11H2,1-6H3. The fraction of sp³-hybridized carbons (Fsp3) is 0.538. The molecule has 3 aliphatic rings. The zero-order valence-electron chi connectivity index (χ0n) is 12.8. The maximum atomic E-state index is 2.58. The predicted octanol–water partition coefficient (Wildman–Crippen LogP) is 2.51. The highest BCUT2D eigenvalue weighted by atomic mass is 28.4. The van der Waals surface area contributed by atoms with Gasteiger partial charge in [-0.1, -0.05) is 26.2 Å². The van der Waals surface area contributed by atoms with E-state index in [1.807, 2.05) is 0 Å². The van der Waals surface area contributed by atoms with Crippen LogP contribution in [0.2, 0.25) is 31.9 Å². The van der Waals surface area contributed by atoms with Crippen molar-refractivity contribution >= 4 is 16.5 Å². The molecule has 3 aliphatic heterocycles. The van der Waals surface area contributed by atoms with E-state index < -0.39 is 16.5 Å². The van der Waals surface area contributed by atoms with E-state index in [-0.39, 0.29) is 0 Å². The van der Waals surface area contributed by atoms with Crippen molar-refractivity contribution < 1.29 is 0 Å². The molecule has 0 fully saturated rings. The molecule has 19 heavy (non-hydrogen) atoms. The Morgan fingerprint density at radius 2 is 1.11 bits per heavy atom. The fourth-order valence-electron chi connectivity index (χ4n) is 3.69. The summed E-state index contributed by atoms with van der Waals surface area (Å²) < 4.78 is 5.17. The molecule has 0 amide bonds. The zero-order chi connectivity index (χ0) is 14.0. The summed E-state index contributed by atoms with van der Waals surface area (Å²) in [4.78, 5) is 4.55. The molecule has 0 radical (unpaired) electrons. The molecule has 0 spiro atoms. The quantitative estimate of drug-likeness (QED) is 0.636. The molecular formula is C13H24N4Si2. The van der Waals surface area contributed by atoms with Crippen molar-refractivity contribution in [1.29, 1.82) is 0 Å². The highest BCUT2D eigenvalue weighted by Gasteiger charge is 2.49. The Labute approximate surface area is 118 Å². The lowest BCUT2D eigenvalue weighted by Crippen LogP contribution is -2.52. The second-order valence-corrected chi connectivity index (χ2v) is 16.6. The van der Waals surface area contributed by atoms with Gasteiger partial charge in [0.15, 0.2) is 16.5 Å². The van der Waals surface area contributed by atoms with Gasteiger partial charge in [-0.3, -0.25) is 0 Å². The molecule has 0 aromatic carbocycles. The van der Waals surface area contributed by atoms with E-state index in [4.69, 9.17) is 0 Å². The first-order valence-electron chi connectivity index (χ1n) is 6.89. The number of rotatable bonds is 0. The molecule has 0 bridgehead atoms. The second-order valence-electron chi connectivity index (χ2n) is 7.01. The lowest BCUT2D eigenvalue weighted by atomic mass is 10.5. The Morgan fingerprint density at radius 3 is 1.47 bits per heavy atom. The van der Waals surface area contributed by atoms with Crippen LogP contribution >= 0.6 is 0 Å². The Morgan fingerprint density at radius 1 is 0.737 bits per heavy atom. The van der Waals surface area contributed by atoms with Crippen molar-refractivity contribution in [3.8, 4) is 0 Å². The third-order valence-electron chi connectivity index (χ3n) is 4.37. The SMILES string of the molecule is CN1C=CN2C1=C1N(C)C=CN1[Si](C)(C)C[Si]2(C)C. The van der Waals surface area contributed by atoms with Crippen molar-refractivity contribution in [1.82, 2.24) is 18.9 Å². The van der Waals surface area contributed by atoms with Crippen molar-refractivity contribution in [2.24, 2.45) is 0 Å². The minimum Gasteiger partial charge on any atom is -0.358 e. The summed E-state index contributed by atoms with van der Waals surface area (Å²) in [5.74, 6) is 2.73. The maximum Gasteiger partial charge on any atom is 0.157 e. The van der Waals surface area contributed by atoms with E-state index in [9.17, 15) is 0 Å². The van der Waals surface area contributed by atoms with Crippen LogP contribution in [0.3, 0.4) is 0 Å². The van der Waals surface area contributed by atoms with Gasteiger partial charge < -0.3 is 18.9 Å². The molecule has 104 valence electrons. The monoisotopic (exact) mass is 292 g/mol. The van der Waals surface area contributed by atoms with Gasteiger partial charge >= 0.3 is 0 Å². The highest BCUT2D eigenvalue weighted by Crippen LogP contribution is 2.42. The van der Waals surface area contributed by atoms with E-state index in [2.05, 4.69) is 84.0 Å². The Kier molecular flexibility index (Phi) is 2.50. The predicted molar refractivity (Wildman–Crippen MR) is 84.3 cm³/mol. The molecule has 0 saturated carbocycles. The van der Waals surface area contributed by atoms with Crippen LogP contribution < -0.4 is 0 Å². The van der Waals surface area contributed by atoms with Crippen LogP contribution in [0, 0.1) is 0 Å². The topological polar surface area (TPSA) is 13.0 Å². The van der Waals surface area contributed by atoms with Crippen LogP contribution in [0.15, 0.2) is 36.4 Å². The lowest BCUT2D eigenvalue weighted by Gasteiger charge is -2.38. The van der Waals surface area contributed by atoms with Crippen LogP contribution in [0.1, 0.15) is 0 Å². The highest BCUT2D eigenvalue weighted by molar-refractivity contribution is 6.93. The maximum absolute atomic E-state index is 2.58. The molecule has 0 saturated heterocycles. The van der Waals surface area contributed by atoms with Crippen LogP contribution in [-0.2, 0) is 0 Å². The largest absolute Gasteiger partial charge is 0.358 e. The average molecular weight is 293 g/mol. The summed E-state index contributed by atoms with van der Waals surface area (Å²) in [6.45, 7) is 9.99. The molecule has 0 N–H and O–H groups in total. The van der Waals surface area contributed by atoms with Crippen molar-refractivity contribution in [2.75, 3.05) is 14.1 Å². The average Bonchev–Trinajstić information content (AvgIpc) is 2.78. The van der Waals surface area contributed by atoms with Gasteiger partial charge in [0, 0.05) is 38.9 Å². The number of hydrogen-bond acceptors (Lipinski definition) is 4.